The summed E-state index contributed by atoms with van der Waals surface area (Å²) >= 11 is 0. The van der Waals surface area contributed by atoms with E-state index in [1.807, 2.05) is 33.8 Å². The molecule has 0 atom stereocenters. The lowest BCUT2D eigenvalue weighted by molar-refractivity contribution is -0.384. The first kappa shape index (κ1) is 25.0. The zero-order valence-corrected chi connectivity index (χ0v) is 20.0. The van der Waals surface area contributed by atoms with E-state index >= 15 is 0 Å². The molecule has 0 bridgehead atoms. The molecule has 0 amide bonds. The quantitative estimate of drug-likeness (QED) is 0.224. The number of rotatable bonds is 8. The number of nitro groups is 1. The van der Waals surface area contributed by atoms with E-state index in [9.17, 15) is 20.0 Å². The van der Waals surface area contributed by atoms with Gasteiger partial charge in [-0.3, -0.25) is 19.9 Å². The first-order valence-electron chi connectivity index (χ1n) is 11.3. The smallest absolute Gasteiger partial charge is 0.271 e. The maximum Gasteiger partial charge on any atom is 0.271 e. The van der Waals surface area contributed by atoms with Gasteiger partial charge in [0, 0.05) is 25.0 Å². The second kappa shape index (κ2) is 10.5. The Balaban J connectivity index is 2.02. The van der Waals surface area contributed by atoms with Crippen molar-refractivity contribution < 1.29 is 24.3 Å². The highest BCUT2D eigenvalue weighted by Crippen LogP contribution is 2.37. The van der Waals surface area contributed by atoms with Crippen LogP contribution >= 0.6 is 0 Å². The Morgan fingerprint density at radius 1 is 1.09 bits per heavy atom. The zero-order valence-electron chi connectivity index (χ0n) is 20.0. The number of aliphatic imine (C=N–C) groups is 1. The Hall–Kier alpha value is -3.68. The van der Waals surface area contributed by atoms with Crippen molar-refractivity contribution in [2.45, 2.75) is 47.0 Å². The summed E-state index contributed by atoms with van der Waals surface area (Å²) in [5, 5.41) is 22.2. The number of ether oxygens (including phenoxy) is 2. The predicted octanol–water partition coefficient (Wildman–Crippen LogP) is 5.91. The second-order valence-electron chi connectivity index (χ2n) is 8.92. The van der Waals surface area contributed by atoms with E-state index in [1.165, 1.54) is 12.1 Å². The molecule has 2 aromatic carbocycles. The van der Waals surface area contributed by atoms with Crippen LogP contribution in [0.3, 0.4) is 0 Å². The van der Waals surface area contributed by atoms with Crippen LogP contribution in [0.2, 0.25) is 0 Å². The van der Waals surface area contributed by atoms with Crippen LogP contribution in [0.25, 0.3) is 0 Å². The molecular formula is C26H30N2O6. The van der Waals surface area contributed by atoms with E-state index in [0.717, 1.165) is 5.56 Å². The summed E-state index contributed by atoms with van der Waals surface area (Å²) in [6.07, 6.45) is 0.837. The van der Waals surface area contributed by atoms with Crippen LogP contribution in [0, 0.1) is 15.5 Å². The fourth-order valence-electron chi connectivity index (χ4n) is 4.03. The number of benzene rings is 2. The first-order chi connectivity index (χ1) is 16.1. The van der Waals surface area contributed by atoms with Gasteiger partial charge in [-0.25, -0.2) is 0 Å². The third-order valence-electron chi connectivity index (χ3n) is 5.43. The fourth-order valence-corrected chi connectivity index (χ4v) is 4.03. The minimum Gasteiger partial charge on any atom is -0.511 e. The summed E-state index contributed by atoms with van der Waals surface area (Å²) in [6, 6.07) is 11.3. The first-order valence-corrected chi connectivity index (χ1v) is 11.3. The fraction of sp³-hybridized carbons (Fsp3) is 0.385. The lowest BCUT2D eigenvalue weighted by atomic mass is 9.73. The number of aliphatic hydroxyl groups is 1. The van der Waals surface area contributed by atoms with E-state index in [4.69, 9.17) is 9.47 Å². The van der Waals surface area contributed by atoms with E-state index in [1.54, 1.807) is 24.3 Å². The third-order valence-corrected chi connectivity index (χ3v) is 5.43. The Bertz CT molecular complexity index is 1150. The maximum atomic E-state index is 13.1. The zero-order chi connectivity index (χ0) is 24.9. The molecule has 2 aromatic rings. The highest BCUT2D eigenvalue weighted by atomic mass is 16.6. The topological polar surface area (TPSA) is 111 Å². The largest absolute Gasteiger partial charge is 0.511 e. The second-order valence-corrected chi connectivity index (χ2v) is 8.92. The molecule has 0 heterocycles. The Kier molecular flexibility index (Phi) is 7.71. The summed E-state index contributed by atoms with van der Waals surface area (Å²) in [4.78, 5) is 28.3. The lowest BCUT2D eigenvalue weighted by Crippen LogP contribution is -2.32. The van der Waals surface area contributed by atoms with Crippen LogP contribution in [0.15, 0.2) is 58.8 Å². The van der Waals surface area contributed by atoms with Crippen molar-refractivity contribution >= 4 is 22.9 Å². The average molecular weight is 467 g/mol. The molecule has 1 aliphatic rings. The summed E-state index contributed by atoms with van der Waals surface area (Å²) in [5.41, 5.74) is 1.29. The molecule has 0 aliphatic heterocycles. The van der Waals surface area contributed by atoms with Gasteiger partial charge in [0.15, 0.2) is 17.3 Å². The standard InChI is InChI=1S/C26H30N2O6/c1-5-33-23-11-10-17(13-24(23)34-6-2)12-21(29)25-20(15-26(3,4)16-22(25)30)27-18-8-7-9-19(14-18)28(31)32/h7-11,13-14,29H,5-6,12,15-16H2,1-4H3. The van der Waals surface area contributed by atoms with Gasteiger partial charge in [-0.1, -0.05) is 26.0 Å². The molecule has 0 radical (unpaired) electrons. The van der Waals surface area contributed by atoms with Crippen LogP contribution in [0.4, 0.5) is 11.4 Å². The lowest BCUT2D eigenvalue weighted by Gasteiger charge is -2.31. The highest BCUT2D eigenvalue weighted by molar-refractivity contribution is 6.25. The van der Waals surface area contributed by atoms with Crippen molar-refractivity contribution in [1.29, 1.82) is 0 Å². The number of carbonyl (C=O) groups excluding carboxylic acids is 1. The molecule has 0 saturated heterocycles. The van der Waals surface area contributed by atoms with Crippen LogP contribution < -0.4 is 9.47 Å². The van der Waals surface area contributed by atoms with Crippen molar-refractivity contribution in [3.05, 3.63) is 69.5 Å². The predicted molar refractivity (Wildman–Crippen MR) is 130 cm³/mol. The summed E-state index contributed by atoms with van der Waals surface area (Å²) in [5.74, 6) is 0.898. The van der Waals surface area contributed by atoms with Gasteiger partial charge in [-0.05, 0) is 49.4 Å². The number of Topliss-reactive ketones (excluding diaryl/α,β-unsaturated/α-hetero) is 1. The minimum absolute atomic E-state index is 0.0868. The molecule has 0 spiro atoms. The van der Waals surface area contributed by atoms with Gasteiger partial charge in [-0.15, -0.1) is 0 Å². The third kappa shape index (κ3) is 6.01. The SMILES string of the molecule is CCOc1ccc(CC(O)=C2C(=O)CC(C)(C)CC2=Nc2cccc([N+](=O)[O-])c2)cc1OCC. The van der Waals surface area contributed by atoms with Crippen molar-refractivity contribution in [2.24, 2.45) is 10.4 Å². The average Bonchev–Trinajstić information content (AvgIpc) is 2.75. The van der Waals surface area contributed by atoms with Crippen LogP contribution in [0.1, 0.15) is 46.1 Å². The molecule has 8 nitrogen and oxygen atoms in total. The number of hydrogen-bond acceptors (Lipinski definition) is 7. The number of nitro benzene ring substituents is 1. The maximum absolute atomic E-state index is 13.1. The van der Waals surface area contributed by atoms with Crippen LogP contribution in [-0.2, 0) is 11.2 Å². The van der Waals surface area contributed by atoms with E-state index in [-0.39, 0.29) is 41.1 Å². The number of carbonyl (C=O) groups is 1. The van der Waals surface area contributed by atoms with Gasteiger partial charge in [0.1, 0.15) is 5.76 Å². The van der Waals surface area contributed by atoms with E-state index < -0.39 is 4.92 Å². The number of aliphatic hydroxyl groups excluding tert-OH is 1. The van der Waals surface area contributed by atoms with Gasteiger partial charge in [0.25, 0.3) is 5.69 Å². The molecule has 34 heavy (non-hydrogen) atoms. The highest BCUT2D eigenvalue weighted by Gasteiger charge is 2.36. The summed E-state index contributed by atoms with van der Waals surface area (Å²) < 4.78 is 11.3. The molecule has 1 saturated carbocycles. The number of hydrogen-bond donors (Lipinski definition) is 1. The normalized spacial score (nSPS) is 18.0. The van der Waals surface area contributed by atoms with Crippen molar-refractivity contribution in [2.75, 3.05) is 13.2 Å². The van der Waals surface area contributed by atoms with Gasteiger partial charge in [0.2, 0.25) is 0 Å². The Morgan fingerprint density at radius 3 is 2.47 bits per heavy atom. The van der Waals surface area contributed by atoms with Crippen molar-refractivity contribution in [3.63, 3.8) is 0 Å². The van der Waals surface area contributed by atoms with Gasteiger partial charge >= 0.3 is 0 Å². The number of allylic oxidation sites excluding steroid dienone is 2. The molecular weight excluding hydrogens is 436 g/mol. The van der Waals surface area contributed by atoms with Crippen molar-refractivity contribution in [1.82, 2.24) is 0 Å². The molecule has 0 aromatic heterocycles. The molecule has 1 fully saturated rings. The van der Waals surface area contributed by atoms with E-state index in [0.29, 0.717) is 42.5 Å². The van der Waals surface area contributed by atoms with Crippen molar-refractivity contribution in [3.8, 4) is 11.5 Å². The monoisotopic (exact) mass is 466 g/mol. The Morgan fingerprint density at radius 2 is 1.79 bits per heavy atom. The summed E-state index contributed by atoms with van der Waals surface area (Å²) in [7, 11) is 0. The Labute approximate surface area is 199 Å². The molecule has 3 rings (SSSR count). The van der Waals surface area contributed by atoms with Crippen LogP contribution in [-0.4, -0.2) is 34.7 Å². The van der Waals surface area contributed by atoms with E-state index in [2.05, 4.69) is 4.99 Å². The molecule has 0 unspecified atom stereocenters. The van der Waals surface area contributed by atoms with Gasteiger partial charge in [-0.2, -0.15) is 0 Å². The molecule has 8 heteroatoms. The van der Waals surface area contributed by atoms with Gasteiger partial charge in [0.05, 0.1) is 35.1 Å². The number of non-ortho nitro benzene ring substituents is 1. The summed E-state index contributed by atoms with van der Waals surface area (Å²) in [6.45, 7) is 8.64. The van der Waals surface area contributed by atoms with Gasteiger partial charge < -0.3 is 14.6 Å². The number of ketones is 1. The van der Waals surface area contributed by atoms with Crippen LogP contribution in [0.5, 0.6) is 11.5 Å². The molecule has 1 N–H and O–H groups in total. The minimum atomic E-state index is -0.490. The molecule has 1 aliphatic carbocycles. The molecule has 180 valence electrons. The number of nitrogens with zero attached hydrogens (tertiary/aromatic N) is 2.